The van der Waals surface area contributed by atoms with Gasteiger partial charge in [0.1, 0.15) is 11.6 Å². The molecule has 0 saturated carbocycles. The summed E-state index contributed by atoms with van der Waals surface area (Å²) in [5.74, 6) is 2.23. The fraction of sp³-hybridized carbons (Fsp3) is 0.667. The molecule has 1 aromatic heterocycles. The largest absolute Gasteiger partial charge is 0.373 e. The minimum Gasteiger partial charge on any atom is -0.373 e. The molecule has 1 aliphatic heterocycles. The molecule has 5 nitrogen and oxygen atoms in total. The lowest BCUT2D eigenvalue weighted by molar-refractivity contribution is 0.571. The second kappa shape index (κ2) is 5.21. The highest BCUT2D eigenvalue weighted by Crippen LogP contribution is 2.27. The van der Waals surface area contributed by atoms with E-state index in [1.165, 1.54) is 24.8 Å². The Balaban J connectivity index is 2.39. The third-order valence-corrected chi connectivity index (χ3v) is 3.25. The maximum Gasteiger partial charge on any atom is 0.223 e. The SMILES string of the molecule is CCc1c(NC)nc(N)nc1N1CCCCC1. The molecule has 2 rings (SSSR count). The summed E-state index contributed by atoms with van der Waals surface area (Å²) in [6, 6.07) is 0. The molecule has 0 aliphatic carbocycles. The third kappa shape index (κ3) is 2.43. The topological polar surface area (TPSA) is 67.1 Å². The van der Waals surface area contributed by atoms with Crippen molar-refractivity contribution in [3.8, 4) is 0 Å². The lowest BCUT2D eigenvalue weighted by atomic mass is 10.1. The quantitative estimate of drug-likeness (QED) is 0.834. The van der Waals surface area contributed by atoms with Gasteiger partial charge in [-0.05, 0) is 25.7 Å². The lowest BCUT2D eigenvalue weighted by Crippen LogP contribution is -2.31. The van der Waals surface area contributed by atoms with E-state index in [2.05, 4.69) is 27.1 Å². The van der Waals surface area contributed by atoms with Gasteiger partial charge in [0.2, 0.25) is 5.95 Å². The highest BCUT2D eigenvalue weighted by Gasteiger charge is 2.18. The first-order chi connectivity index (χ1) is 8.26. The van der Waals surface area contributed by atoms with Gasteiger partial charge in [-0.3, -0.25) is 0 Å². The van der Waals surface area contributed by atoms with E-state index < -0.39 is 0 Å². The number of rotatable bonds is 3. The Hall–Kier alpha value is -1.52. The number of hydrogen-bond acceptors (Lipinski definition) is 5. The number of hydrogen-bond donors (Lipinski definition) is 2. The van der Waals surface area contributed by atoms with Crippen molar-refractivity contribution in [3.05, 3.63) is 5.56 Å². The lowest BCUT2D eigenvalue weighted by Gasteiger charge is -2.30. The molecule has 0 bridgehead atoms. The average molecular weight is 235 g/mol. The fourth-order valence-corrected chi connectivity index (χ4v) is 2.39. The first-order valence-corrected chi connectivity index (χ1v) is 6.35. The second-order valence-electron chi connectivity index (χ2n) is 4.38. The van der Waals surface area contributed by atoms with Crippen LogP contribution in [0.25, 0.3) is 0 Å². The predicted molar refractivity (Wildman–Crippen MR) is 71.4 cm³/mol. The maximum absolute atomic E-state index is 5.78. The molecular formula is C12H21N5. The molecule has 0 spiro atoms. The zero-order chi connectivity index (χ0) is 12.3. The van der Waals surface area contributed by atoms with Gasteiger partial charge in [-0.15, -0.1) is 0 Å². The minimum atomic E-state index is 0.354. The first kappa shape index (κ1) is 12.0. The zero-order valence-electron chi connectivity index (χ0n) is 10.7. The number of nitrogens with two attached hydrogens (primary N) is 1. The van der Waals surface area contributed by atoms with Crippen LogP contribution in [-0.4, -0.2) is 30.1 Å². The summed E-state index contributed by atoms with van der Waals surface area (Å²) in [6.07, 6.45) is 4.71. The van der Waals surface area contributed by atoms with Crippen molar-refractivity contribution in [3.63, 3.8) is 0 Å². The molecule has 94 valence electrons. The first-order valence-electron chi connectivity index (χ1n) is 6.35. The van der Waals surface area contributed by atoms with Crippen LogP contribution in [-0.2, 0) is 6.42 Å². The summed E-state index contributed by atoms with van der Waals surface area (Å²) in [6.45, 7) is 4.28. The Labute approximate surface area is 102 Å². The molecule has 0 radical (unpaired) electrons. The van der Waals surface area contributed by atoms with Crippen LogP contribution in [0.1, 0.15) is 31.7 Å². The van der Waals surface area contributed by atoms with E-state index in [0.717, 1.165) is 31.1 Å². The molecule has 0 amide bonds. The Bertz CT molecular complexity index is 385. The monoisotopic (exact) mass is 235 g/mol. The van der Waals surface area contributed by atoms with Crippen LogP contribution < -0.4 is 16.0 Å². The van der Waals surface area contributed by atoms with E-state index in [1.54, 1.807) is 0 Å². The van der Waals surface area contributed by atoms with Crippen LogP contribution in [0.15, 0.2) is 0 Å². The van der Waals surface area contributed by atoms with E-state index in [4.69, 9.17) is 5.73 Å². The maximum atomic E-state index is 5.78. The molecular weight excluding hydrogens is 214 g/mol. The van der Waals surface area contributed by atoms with Crippen molar-refractivity contribution >= 4 is 17.6 Å². The summed E-state index contributed by atoms with van der Waals surface area (Å²) >= 11 is 0. The molecule has 1 fully saturated rings. The van der Waals surface area contributed by atoms with E-state index in [0.29, 0.717) is 5.95 Å². The van der Waals surface area contributed by atoms with Crippen LogP contribution in [0.3, 0.4) is 0 Å². The summed E-state index contributed by atoms with van der Waals surface area (Å²) in [5.41, 5.74) is 6.95. The summed E-state index contributed by atoms with van der Waals surface area (Å²) in [5, 5.41) is 3.11. The standard InChI is InChI=1S/C12H21N5/c1-3-9-10(14-2)15-12(13)16-11(9)17-7-5-4-6-8-17/h3-8H2,1-2H3,(H3,13,14,15,16). The Morgan fingerprint density at radius 1 is 1.24 bits per heavy atom. The van der Waals surface area contributed by atoms with Crippen molar-refractivity contribution in [2.24, 2.45) is 0 Å². The van der Waals surface area contributed by atoms with Crippen LogP contribution in [0.4, 0.5) is 17.6 Å². The normalized spacial score (nSPS) is 16.0. The fourth-order valence-electron chi connectivity index (χ4n) is 2.39. The number of nitrogen functional groups attached to an aromatic ring is 1. The van der Waals surface area contributed by atoms with Crippen LogP contribution in [0, 0.1) is 0 Å². The van der Waals surface area contributed by atoms with Gasteiger partial charge in [0, 0.05) is 25.7 Å². The Kier molecular flexibility index (Phi) is 3.66. The van der Waals surface area contributed by atoms with Crippen LogP contribution in [0.5, 0.6) is 0 Å². The van der Waals surface area contributed by atoms with Crippen molar-refractivity contribution in [2.75, 3.05) is 36.1 Å². The van der Waals surface area contributed by atoms with Crippen molar-refractivity contribution in [2.45, 2.75) is 32.6 Å². The van der Waals surface area contributed by atoms with E-state index >= 15 is 0 Å². The molecule has 0 aromatic carbocycles. The highest BCUT2D eigenvalue weighted by molar-refractivity contribution is 5.61. The number of piperidine rings is 1. The Morgan fingerprint density at radius 3 is 2.53 bits per heavy atom. The molecule has 1 aromatic rings. The minimum absolute atomic E-state index is 0.354. The summed E-state index contributed by atoms with van der Waals surface area (Å²) in [7, 11) is 1.88. The Morgan fingerprint density at radius 2 is 1.94 bits per heavy atom. The van der Waals surface area contributed by atoms with Gasteiger partial charge in [0.15, 0.2) is 0 Å². The molecule has 1 aliphatic rings. The van der Waals surface area contributed by atoms with Gasteiger partial charge >= 0.3 is 0 Å². The number of nitrogens with zero attached hydrogens (tertiary/aromatic N) is 3. The van der Waals surface area contributed by atoms with Gasteiger partial charge in [0.25, 0.3) is 0 Å². The second-order valence-corrected chi connectivity index (χ2v) is 4.38. The highest BCUT2D eigenvalue weighted by atomic mass is 15.2. The molecule has 2 heterocycles. The van der Waals surface area contributed by atoms with E-state index in [9.17, 15) is 0 Å². The summed E-state index contributed by atoms with van der Waals surface area (Å²) < 4.78 is 0. The van der Waals surface area contributed by atoms with E-state index in [1.807, 2.05) is 7.05 Å². The molecule has 0 atom stereocenters. The van der Waals surface area contributed by atoms with Gasteiger partial charge < -0.3 is 16.0 Å². The van der Waals surface area contributed by atoms with Crippen LogP contribution in [0.2, 0.25) is 0 Å². The third-order valence-electron chi connectivity index (χ3n) is 3.25. The van der Waals surface area contributed by atoms with Crippen molar-refractivity contribution in [1.29, 1.82) is 0 Å². The number of nitrogens with one attached hydrogen (secondary N) is 1. The number of anilines is 3. The molecule has 1 saturated heterocycles. The number of aromatic nitrogens is 2. The van der Waals surface area contributed by atoms with Gasteiger partial charge in [0.05, 0.1) is 0 Å². The molecule has 5 heteroatoms. The van der Waals surface area contributed by atoms with Gasteiger partial charge in [-0.25, -0.2) is 0 Å². The van der Waals surface area contributed by atoms with Crippen LogP contribution >= 0.6 is 0 Å². The summed E-state index contributed by atoms with van der Waals surface area (Å²) in [4.78, 5) is 11.0. The smallest absolute Gasteiger partial charge is 0.223 e. The predicted octanol–water partition coefficient (Wildman–Crippen LogP) is 1.65. The van der Waals surface area contributed by atoms with Gasteiger partial charge in [-0.1, -0.05) is 6.92 Å². The zero-order valence-corrected chi connectivity index (χ0v) is 10.7. The average Bonchev–Trinajstić information content (AvgIpc) is 2.38. The van der Waals surface area contributed by atoms with Gasteiger partial charge in [-0.2, -0.15) is 9.97 Å². The molecule has 17 heavy (non-hydrogen) atoms. The molecule has 0 unspecified atom stereocenters. The van der Waals surface area contributed by atoms with E-state index in [-0.39, 0.29) is 0 Å². The molecule has 3 N–H and O–H groups in total. The van der Waals surface area contributed by atoms with Crippen molar-refractivity contribution < 1.29 is 0 Å². The van der Waals surface area contributed by atoms with Crippen molar-refractivity contribution in [1.82, 2.24) is 9.97 Å².